The molecule has 1 aromatic carbocycles. The Morgan fingerprint density at radius 3 is 2.48 bits per heavy atom. The van der Waals surface area contributed by atoms with Crippen molar-refractivity contribution in [2.75, 3.05) is 25.6 Å². The van der Waals surface area contributed by atoms with E-state index >= 15 is 0 Å². The van der Waals surface area contributed by atoms with Gasteiger partial charge in [-0.3, -0.25) is 4.79 Å². The Hall–Kier alpha value is -2.40. The number of carbonyl (C=O) groups excluding carboxylic acids is 1. The molecule has 25 heavy (non-hydrogen) atoms. The Bertz CT molecular complexity index is 750. The zero-order valence-corrected chi connectivity index (χ0v) is 15.0. The van der Waals surface area contributed by atoms with E-state index in [9.17, 15) is 4.79 Å². The minimum Gasteiger partial charge on any atom is -0.480 e. The van der Waals surface area contributed by atoms with Crippen molar-refractivity contribution < 1.29 is 14.3 Å². The summed E-state index contributed by atoms with van der Waals surface area (Å²) in [4.78, 5) is 17.5. The molecular weight excluding hydrogens is 316 g/mol. The van der Waals surface area contributed by atoms with Crippen LogP contribution in [0.25, 0.3) is 0 Å². The Balaban J connectivity index is 1.95. The minimum atomic E-state index is -0.597. The summed E-state index contributed by atoms with van der Waals surface area (Å²) in [7, 11) is 1.55. The maximum Gasteiger partial charge on any atom is 0.237 e. The van der Waals surface area contributed by atoms with Crippen LogP contribution in [0, 0.1) is 13.8 Å². The molecule has 0 saturated carbocycles. The molecule has 3 rings (SSSR count). The van der Waals surface area contributed by atoms with Crippen LogP contribution >= 0.6 is 0 Å². The molecule has 0 spiro atoms. The van der Waals surface area contributed by atoms with Gasteiger partial charge < -0.3 is 14.8 Å². The highest BCUT2D eigenvalue weighted by atomic mass is 16.5. The van der Waals surface area contributed by atoms with Gasteiger partial charge in [-0.15, -0.1) is 0 Å². The van der Waals surface area contributed by atoms with Crippen molar-refractivity contribution in [3.05, 3.63) is 53.2 Å². The maximum atomic E-state index is 13.3. The summed E-state index contributed by atoms with van der Waals surface area (Å²) in [6.07, 6.45) is 3.03. The van der Waals surface area contributed by atoms with Gasteiger partial charge in [0.1, 0.15) is 5.69 Å². The van der Waals surface area contributed by atoms with Gasteiger partial charge in [-0.25, -0.2) is 4.98 Å². The lowest BCUT2D eigenvalue weighted by molar-refractivity contribution is -0.125. The van der Waals surface area contributed by atoms with E-state index in [0.29, 0.717) is 37.6 Å². The molecule has 132 valence electrons. The van der Waals surface area contributed by atoms with Crippen LogP contribution in [0.3, 0.4) is 0 Å². The van der Waals surface area contributed by atoms with E-state index in [-0.39, 0.29) is 5.91 Å². The standard InChI is InChI=1S/C20H24N2O3/c1-14-4-6-16(7-5-14)20(8-10-25-11-9-20)19(23)22-17-12-15(2)13-21-18(17)24-3/h4-7,12-13H,8-11H2,1-3H3,(H,22,23). The van der Waals surface area contributed by atoms with Crippen LogP contribution in [-0.2, 0) is 14.9 Å². The zero-order valence-electron chi connectivity index (χ0n) is 15.0. The topological polar surface area (TPSA) is 60.5 Å². The Kier molecular flexibility index (Phi) is 5.04. The molecule has 1 aliphatic heterocycles. The molecule has 0 radical (unpaired) electrons. The van der Waals surface area contributed by atoms with E-state index in [1.54, 1.807) is 13.3 Å². The fraction of sp³-hybridized carbons (Fsp3) is 0.400. The number of hydrogen-bond donors (Lipinski definition) is 1. The van der Waals surface area contributed by atoms with Crippen molar-refractivity contribution in [1.82, 2.24) is 4.98 Å². The average Bonchev–Trinajstić information content (AvgIpc) is 2.63. The van der Waals surface area contributed by atoms with E-state index in [1.807, 2.05) is 32.0 Å². The first-order valence-electron chi connectivity index (χ1n) is 8.52. The third kappa shape index (κ3) is 3.51. The van der Waals surface area contributed by atoms with E-state index in [4.69, 9.17) is 9.47 Å². The van der Waals surface area contributed by atoms with E-state index < -0.39 is 5.41 Å². The number of rotatable bonds is 4. The van der Waals surface area contributed by atoms with Gasteiger partial charge in [0.2, 0.25) is 11.8 Å². The van der Waals surface area contributed by atoms with Gasteiger partial charge >= 0.3 is 0 Å². The monoisotopic (exact) mass is 340 g/mol. The number of methoxy groups -OCH3 is 1. The van der Waals surface area contributed by atoms with Gasteiger partial charge in [-0.05, 0) is 43.9 Å². The second-order valence-corrected chi connectivity index (χ2v) is 6.58. The molecule has 0 aliphatic carbocycles. The molecule has 1 aliphatic rings. The second-order valence-electron chi connectivity index (χ2n) is 6.58. The SMILES string of the molecule is COc1ncc(C)cc1NC(=O)C1(c2ccc(C)cc2)CCOCC1. The fourth-order valence-electron chi connectivity index (χ4n) is 3.29. The number of aryl methyl sites for hydroxylation is 2. The van der Waals surface area contributed by atoms with Crippen molar-refractivity contribution >= 4 is 11.6 Å². The number of nitrogens with one attached hydrogen (secondary N) is 1. The quantitative estimate of drug-likeness (QED) is 0.927. The third-order valence-corrected chi connectivity index (χ3v) is 4.81. The first-order valence-corrected chi connectivity index (χ1v) is 8.52. The molecule has 1 N–H and O–H groups in total. The molecule has 0 unspecified atom stereocenters. The van der Waals surface area contributed by atoms with Crippen LogP contribution in [0.5, 0.6) is 5.88 Å². The van der Waals surface area contributed by atoms with Crippen LogP contribution < -0.4 is 10.1 Å². The second kappa shape index (κ2) is 7.23. The van der Waals surface area contributed by atoms with E-state index in [0.717, 1.165) is 11.1 Å². The van der Waals surface area contributed by atoms with Crippen molar-refractivity contribution in [3.8, 4) is 5.88 Å². The summed E-state index contributed by atoms with van der Waals surface area (Å²) >= 11 is 0. The van der Waals surface area contributed by atoms with Gasteiger partial charge in [0, 0.05) is 19.4 Å². The van der Waals surface area contributed by atoms with Gasteiger partial charge in [0.05, 0.1) is 12.5 Å². The molecule has 1 aromatic heterocycles. The summed E-state index contributed by atoms with van der Waals surface area (Å²) in [5.41, 5.74) is 3.17. The number of anilines is 1. The number of ether oxygens (including phenoxy) is 2. The molecular formula is C20H24N2O3. The number of benzene rings is 1. The molecule has 2 aromatic rings. The summed E-state index contributed by atoms with van der Waals surface area (Å²) in [6.45, 7) is 5.13. The van der Waals surface area contributed by atoms with Gasteiger partial charge in [0.15, 0.2) is 0 Å². The Morgan fingerprint density at radius 2 is 1.84 bits per heavy atom. The Morgan fingerprint density at radius 1 is 1.16 bits per heavy atom. The first kappa shape index (κ1) is 17.4. The molecule has 5 nitrogen and oxygen atoms in total. The smallest absolute Gasteiger partial charge is 0.237 e. The summed E-state index contributed by atoms with van der Waals surface area (Å²) < 4.78 is 10.8. The number of aromatic nitrogens is 1. The minimum absolute atomic E-state index is 0.0367. The molecule has 2 heterocycles. The first-order chi connectivity index (χ1) is 12.0. The van der Waals surface area contributed by atoms with Gasteiger partial charge in [-0.1, -0.05) is 29.8 Å². The van der Waals surface area contributed by atoms with Gasteiger partial charge in [0.25, 0.3) is 0 Å². The van der Waals surface area contributed by atoms with Crippen LogP contribution in [0.15, 0.2) is 36.5 Å². The van der Waals surface area contributed by atoms with Crippen LogP contribution in [0.4, 0.5) is 5.69 Å². The lowest BCUT2D eigenvalue weighted by Crippen LogP contribution is -2.44. The largest absolute Gasteiger partial charge is 0.480 e. The predicted octanol–water partition coefficient (Wildman–Crippen LogP) is 3.39. The number of amides is 1. The summed E-state index contributed by atoms with van der Waals surface area (Å²) in [5.74, 6) is 0.385. The highest BCUT2D eigenvalue weighted by molar-refractivity contribution is 6.00. The normalized spacial score (nSPS) is 16.3. The number of nitrogens with zero attached hydrogens (tertiary/aromatic N) is 1. The van der Waals surface area contributed by atoms with Crippen LogP contribution in [-0.4, -0.2) is 31.2 Å². The van der Waals surface area contributed by atoms with Crippen LogP contribution in [0.2, 0.25) is 0 Å². The molecule has 1 amide bonds. The highest BCUT2D eigenvalue weighted by Crippen LogP contribution is 2.37. The van der Waals surface area contributed by atoms with Crippen molar-refractivity contribution in [3.63, 3.8) is 0 Å². The highest BCUT2D eigenvalue weighted by Gasteiger charge is 2.42. The number of hydrogen-bond acceptors (Lipinski definition) is 4. The van der Waals surface area contributed by atoms with Gasteiger partial charge in [-0.2, -0.15) is 0 Å². The molecule has 1 saturated heterocycles. The summed E-state index contributed by atoms with van der Waals surface area (Å²) in [5, 5.41) is 3.04. The van der Waals surface area contributed by atoms with Crippen LogP contribution in [0.1, 0.15) is 29.5 Å². The molecule has 0 bridgehead atoms. The zero-order chi connectivity index (χ0) is 17.9. The van der Waals surface area contributed by atoms with E-state index in [2.05, 4.69) is 22.4 Å². The third-order valence-electron chi connectivity index (χ3n) is 4.81. The predicted molar refractivity (Wildman–Crippen MR) is 97.1 cm³/mol. The van der Waals surface area contributed by atoms with E-state index in [1.165, 1.54) is 5.56 Å². The lowest BCUT2D eigenvalue weighted by atomic mass is 9.73. The molecule has 5 heteroatoms. The molecule has 0 atom stereocenters. The molecule has 1 fully saturated rings. The summed E-state index contributed by atoms with van der Waals surface area (Å²) in [6, 6.07) is 10.1. The maximum absolute atomic E-state index is 13.3. The van der Waals surface area contributed by atoms with Crippen molar-refractivity contribution in [1.29, 1.82) is 0 Å². The number of pyridine rings is 1. The lowest BCUT2D eigenvalue weighted by Gasteiger charge is -2.36. The Labute approximate surface area is 148 Å². The van der Waals surface area contributed by atoms with Crippen molar-refractivity contribution in [2.45, 2.75) is 32.1 Å². The number of carbonyl (C=O) groups is 1. The average molecular weight is 340 g/mol. The fourth-order valence-corrected chi connectivity index (χ4v) is 3.29. The van der Waals surface area contributed by atoms with Crippen molar-refractivity contribution in [2.24, 2.45) is 0 Å².